The van der Waals surface area contributed by atoms with Gasteiger partial charge in [0.1, 0.15) is 6.04 Å². The normalized spacial score (nSPS) is 18.1. The van der Waals surface area contributed by atoms with Crippen LogP contribution in [0.3, 0.4) is 0 Å². The van der Waals surface area contributed by atoms with Crippen LogP contribution >= 0.6 is 15.9 Å². The number of hydrogen-bond acceptors (Lipinski definition) is 5. The summed E-state index contributed by atoms with van der Waals surface area (Å²) >= 11 is 3.55. The molecule has 1 aliphatic heterocycles. The molecule has 1 heterocycles. The molecule has 2 aromatic carbocycles. The Labute approximate surface area is 179 Å². The number of ether oxygens (including phenoxy) is 3. The number of carboxylic acid groups (broad SMARTS) is 1. The fourth-order valence-electron chi connectivity index (χ4n) is 4.09. The van der Waals surface area contributed by atoms with E-state index >= 15 is 0 Å². The summed E-state index contributed by atoms with van der Waals surface area (Å²) in [6.07, 6.45) is 2.47. The van der Waals surface area contributed by atoms with Crippen molar-refractivity contribution in [3.05, 3.63) is 52.0 Å². The average molecular weight is 464 g/mol. The lowest BCUT2D eigenvalue weighted by Crippen LogP contribution is -2.46. The van der Waals surface area contributed by atoms with Gasteiger partial charge in [-0.15, -0.1) is 0 Å². The number of carbonyl (C=O) groups is 1. The average Bonchev–Trinajstić information content (AvgIpc) is 2.73. The number of likely N-dealkylation sites (tertiary alicyclic amines) is 1. The molecule has 7 heteroatoms. The molecule has 2 atom stereocenters. The van der Waals surface area contributed by atoms with Gasteiger partial charge in [-0.2, -0.15) is 0 Å². The third-order valence-electron chi connectivity index (χ3n) is 5.35. The molecule has 6 nitrogen and oxygen atoms in total. The molecule has 1 fully saturated rings. The van der Waals surface area contributed by atoms with Crippen molar-refractivity contribution in [3.8, 4) is 17.2 Å². The highest BCUT2D eigenvalue weighted by Crippen LogP contribution is 2.46. The van der Waals surface area contributed by atoms with E-state index in [4.69, 9.17) is 14.2 Å². The van der Waals surface area contributed by atoms with Gasteiger partial charge >= 0.3 is 5.97 Å². The minimum absolute atomic E-state index is 0.302. The molecular weight excluding hydrogens is 438 g/mol. The number of nitrogens with zero attached hydrogens (tertiary/aromatic N) is 1. The number of halogens is 1. The highest BCUT2D eigenvalue weighted by atomic mass is 79.9. The number of hydrogen-bond donors (Lipinski definition) is 1. The van der Waals surface area contributed by atoms with Gasteiger partial charge in [-0.1, -0.05) is 34.5 Å². The second-order valence-corrected chi connectivity index (χ2v) is 7.88. The number of carboxylic acids is 1. The summed E-state index contributed by atoms with van der Waals surface area (Å²) in [5.41, 5.74) is 1.83. The number of methoxy groups -OCH3 is 3. The van der Waals surface area contributed by atoms with E-state index in [-0.39, 0.29) is 6.04 Å². The fourth-order valence-corrected chi connectivity index (χ4v) is 4.51. The molecule has 0 aliphatic carbocycles. The molecule has 0 radical (unpaired) electrons. The summed E-state index contributed by atoms with van der Waals surface area (Å²) in [5, 5.41) is 9.89. The van der Waals surface area contributed by atoms with E-state index < -0.39 is 12.0 Å². The number of rotatable bonds is 7. The van der Waals surface area contributed by atoms with Crippen molar-refractivity contribution in [2.24, 2.45) is 0 Å². The summed E-state index contributed by atoms with van der Waals surface area (Å²) in [5.74, 6) is 0.807. The molecule has 3 rings (SSSR count). The molecule has 0 saturated carbocycles. The van der Waals surface area contributed by atoms with Crippen molar-refractivity contribution < 1.29 is 24.1 Å². The van der Waals surface area contributed by atoms with Gasteiger partial charge in [0.25, 0.3) is 0 Å². The Morgan fingerprint density at radius 1 is 1.10 bits per heavy atom. The van der Waals surface area contributed by atoms with Crippen molar-refractivity contribution in [1.82, 2.24) is 4.90 Å². The zero-order valence-corrected chi connectivity index (χ0v) is 18.4. The van der Waals surface area contributed by atoms with Gasteiger partial charge in [0.2, 0.25) is 5.75 Å². The topological polar surface area (TPSA) is 68.2 Å². The maximum Gasteiger partial charge on any atom is 0.320 e. The Hall–Kier alpha value is -2.25. The van der Waals surface area contributed by atoms with Crippen LogP contribution in [0.1, 0.15) is 36.4 Å². The lowest BCUT2D eigenvalue weighted by molar-refractivity contribution is -0.145. The Morgan fingerprint density at radius 2 is 1.86 bits per heavy atom. The first-order valence-electron chi connectivity index (χ1n) is 9.54. The van der Waals surface area contributed by atoms with Crippen molar-refractivity contribution in [2.75, 3.05) is 27.9 Å². The summed E-state index contributed by atoms with van der Waals surface area (Å²) < 4.78 is 17.7. The molecule has 0 aromatic heterocycles. The first kappa shape index (κ1) is 21.5. The van der Waals surface area contributed by atoms with Crippen LogP contribution in [0.25, 0.3) is 0 Å². The molecule has 0 amide bonds. The van der Waals surface area contributed by atoms with E-state index in [0.29, 0.717) is 30.2 Å². The lowest BCUT2D eigenvalue weighted by atomic mass is 9.91. The molecular formula is C22H26BrNO5. The highest BCUT2D eigenvalue weighted by molar-refractivity contribution is 9.10. The Kier molecular flexibility index (Phi) is 7.03. The zero-order valence-electron chi connectivity index (χ0n) is 16.9. The Bertz CT molecular complexity index is 872. The molecule has 0 spiro atoms. The van der Waals surface area contributed by atoms with Gasteiger partial charge in [0, 0.05) is 10.0 Å². The predicted octanol–water partition coefficient (Wildman–Crippen LogP) is 4.50. The zero-order chi connectivity index (χ0) is 21.0. The second kappa shape index (κ2) is 9.50. The second-order valence-electron chi connectivity index (χ2n) is 6.97. The van der Waals surface area contributed by atoms with Gasteiger partial charge in [-0.25, -0.2) is 0 Å². The minimum Gasteiger partial charge on any atom is -0.493 e. The molecule has 29 heavy (non-hydrogen) atoms. The van der Waals surface area contributed by atoms with E-state index in [2.05, 4.69) is 20.8 Å². The van der Waals surface area contributed by atoms with Crippen LogP contribution in [-0.4, -0.2) is 49.9 Å². The summed E-state index contributed by atoms with van der Waals surface area (Å²) in [7, 11) is 4.73. The van der Waals surface area contributed by atoms with E-state index in [1.807, 2.05) is 36.4 Å². The van der Waals surface area contributed by atoms with Crippen LogP contribution in [0, 0.1) is 0 Å². The van der Waals surface area contributed by atoms with Crippen LogP contribution in [0.15, 0.2) is 40.9 Å². The largest absolute Gasteiger partial charge is 0.493 e. The molecule has 0 bridgehead atoms. The molecule has 1 N–H and O–H groups in total. The van der Waals surface area contributed by atoms with Crippen LogP contribution < -0.4 is 14.2 Å². The maximum atomic E-state index is 12.0. The van der Waals surface area contributed by atoms with Crippen molar-refractivity contribution in [1.29, 1.82) is 0 Å². The molecule has 2 aromatic rings. The van der Waals surface area contributed by atoms with Crippen molar-refractivity contribution in [3.63, 3.8) is 0 Å². The third kappa shape index (κ3) is 4.36. The molecule has 1 saturated heterocycles. The van der Waals surface area contributed by atoms with E-state index in [1.54, 1.807) is 21.3 Å². The van der Waals surface area contributed by atoms with Gasteiger partial charge in [0.05, 0.1) is 27.4 Å². The van der Waals surface area contributed by atoms with Crippen LogP contribution in [0.2, 0.25) is 0 Å². The quantitative estimate of drug-likeness (QED) is 0.651. The SMILES string of the molecule is COc1ccc(C(c2cccc(Br)c2)N2CCCCC2C(=O)O)c(OC)c1OC. The monoisotopic (exact) mass is 463 g/mol. The minimum atomic E-state index is -0.802. The van der Waals surface area contributed by atoms with E-state index in [0.717, 1.165) is 28.4 Å². The van der Waals surface area contributed by atoms with Crippen LogP contribution in [0.5, 0.6) is 17.2 Å². The fraction of sp³-hybridized carbons (Fsp3) is 0.409. The van der Waals surface area contributed by atoms with Gasteiger partial charge < -0.3 is 19.3 Å². The maximum absolute atomic E-state index is 12.0. The third-order valence-corrected chi connectivity index (χ3v) is 5.85. The molecule has 2 unspecified atom stereocenters. The smallest absolute Gasteiger partial charge is 0.320 e. The van der Waals surface area contributed by atoms with Crippen LogP contribution in [0.4, 0.5) is 0 Å². The van der Waals surface area contributed by atoms with Crippen molar-refractivity contribution >= 4 is 21.9 Å². The van der Waals surface area contributed by atoms with Crippen molar-refractivity contribution in [2.45, 2.75) is 31.3 Å². The summed E-state index contributed by atoms with van der Waals surface area (Å²) in [4.78, 5) is 14.1. The molecule has 1 aliphatic rings. The number of piperidine rings is 1. The van der Waals surface area contributed by atoms with Gasteiger partial charge in [-0.3, -0.25) is 9.69 Å². The van der Waals surface area contributed by atoms with Crippen LogP contribution in [-0.2, 0) is 4.79 Å². The number of benzene rings is 2. The van der Waals surface area contributed by atoms with Gasteiger partial charge in [0.15, 0.2) is 11.5 Å². The Balaban J connectivity index is 2.22. The van der Waals surface area contributed by atoms with Gasteiger partial charge in [-0.05, 0) is 49.2 Å². The molecule has 156 valence electrons. The lowest BCUT2D eigenvalue weighted by Gasteiger charge is -2.40. The predicted molar refractivity (Wildman–Crippen MR) is 114 cm³/mol. The van der Waals surface area contributed by atoms with E-state index in [1.165, 1.54) is 0 Å². The number of aliphatic carboxylic acids is 1. The first-order chi connectivity index (χ1) is 14.0. The standard InChI is InChI=1S/C22H26BrNO5/c1-27-18-11-10-16(20(28-2)21(18)29-3)19(14-7-6-8-15(23)13-14)24-12-5-4-9-17(24)22(25)26/h6-8,10-11,13,17,19H,4-5,9,12H2,1-3H3,(H,25,26). The van der Waals surface area contributed by atoms with E-state index in [9.17, 15) is 9.90 Å². The highest BCUT2D eigenvalue weighted by Gasteiger charge is 2.37. The summed E-state index contributed by atoms with van der Waals surface area (Å²) in [6, 6.07) is 10.8. The summed E-state index contributed by atoms with van der Waals surface area (Å²) in [6.45, 7) is 0.686. The Morgan fingerprint density at radius 3 is 2.48 bits per heavy atom. The first-order valence-corrected chi connectivity index (χ1v) is 10.3.